The summed E-state index contributed by atoms with van der Waals surface area (Å²) in [7, 11) is 0. The molecular weight excluding hydrogens is 228 g/mol. The second-order valence-electron chi connectivity index (χ2n) is 5.54. The van der Waals surface area contributed by atoms with E-state index in [-0.39, 0.29) is 0 Å². The van der Waals surface area contributed by atoms with Crippen LogP contribution in [0.1, 0.15) is 58.8 Å². The van der Waals surface area contributed by atoms with Crippen molar-refractivity contribution < 1.29 is 0 Å². The molecular formula is C14H26N2S. The van der Waals surface area contributed by atoms with Crippen molar-refractivity contribution in [2.75, 3.05) is 5.75 Å². The first-order valence-corrected chi connectivity index (χ1v) is 8.25. The van der Waals surface area contributed by atoms with Gasteiger partial charge in [-0.3, -0.25) is 4.99 Å². The Morgan fingerprint density at radius 3 is 3.12 bits per heavy atom. The molecule has 0 radical (unpaired) electrons. The monoisotopic (exact) mass is 254 g/mol. The number of thioether (sulfide) groups is 1. The van der Waals surface area contributed by atoms with Gasteiger partial charge in [-0.15, -0.1) is 0 Å². The molecule has 0 aromatic carbocycles. The van der Waals surface area contributed by atoms with Crippen molar-refractivity contribution in [3.63, 3.8) is 0 Å². The van der Waals surface area contributed by atoms with Gasteiger partial charge in [0.1, 0.15) is 0 Å². The molecule has 1 aliphatic heterocycles. The Morgan fingerprint density at radius 2 is 2.29 bits per heavy atom. The Bertz CT molecular complexity index is 265. The summed E-state index contributed by atoms with van der Waals surface area (Å²) >= 11 is 1.95. The Labute approximate surface area is 110 Å². The number of fused-ring (bicyclic) bond motifs is 1. The number of hydrogen-bond donors (Lipinski definition) is 1. The second-order valence-corrected chi connectivity index (χ2v) is 6.55. The van der Waals surface area contributed by atoms with Gasteiger partial charge in [-0.05, 0) is 32.1 Å². The Balaban J connectivity index is 1.74. The summed E-state index contributed by atoms with van der Waals surface area (Å²) in [6.45, 7) is 4.55. The molecule has 1 aliphatic carbocycles. The van der Waals surface area contributed by atoms with Gasteiger partial charge in [0.25, 0.3) is 0 Å². The first kappa shape index (κ1) is 13.3. The number of aliphatic imine (C=N–C) groups is 1. The minimum atomic E-state index is 0.589. The number of nitrogens with one attached hydrogen (secondary N) is 1. The predicted octanol–water partition coefficient (Wildman–Crippen LogP) is 3.82. The van der Waals surface area contributed by atoms with Crippen molar-refractivity contribution in [2.45, 2.75) is 70.9 Å². The highest BCUT2D eigenvalue weighted by Gasteiger charge is 2.31. The number of unbranched alkanes of at least 4 members (excludes halogenated alkanes) is 2. The van der Waals surface area contributed by atoms with Crippen LogP contribution < -0.4 is 5.32 Å². The predicted molar refractivity (Wildman–Crippen MR) is 77.8 cm³/mol. The molecule has 98 valence electrons. The molecule has 2 aliphatic rings. The lowest BCUT2D eigenvalue weighted by atomic mass is 10.1. The zero-order valence-corrected chi connectivity index (χ0v) is 12.1. The molecule has 0 spiro atoms. The van der Waals surface area contributed by atoms with Crippen molar-refractivity contribution >= 4 is 16.9 Å². The third-order valence-corrected chi connectivity index (χ3v) is 5.04. The van der Waals surface area contributed by atoms with E-state index in [2.05, 4.69) is 19.2 Å². The normalized spacial score (nSPS) is 29.6. The highest BCUT2D eigenvalue weighted by atomic mass is 32.2. The average Bonchev–Trinajstić information content (AvgIpc) is 2.76. The Kier molecular flexibility index (Phi) is 5.20. The van der Waals surface area contributed by atoms with Crippen molar-refractivity contribution in [1.29, 1.82) is 0 Å². The topological polar surface area (TPSA) is 24.4 Å². The number of nitrogens with zero attached hydrogens (tertiary/aromatic N) is 1. The van der Waals surface area contributed by atoms with Crippen LogP contribution in [0.5, 0.6) is 0 Å². The van der Waals surface area contributed by atoms with Gasteiger partial charge in [-0.1, -0.05) is 44.4 Å². The van der Waals surface area contributed by atoms with Crippen molar-refractivity contribution in [3.05, 3.63) is 0 Å². The molecule has 1 N–H and O–H groups in total. The summed E-state index contributed by atoms with van der Waals surface area (Å²) in [6, 6.07) is 1.23. The Morgan fingerprint density at radius 1 is 1.41 bits per heavy atom. The molecule has 2 rings (SSSR count). The third kappa shape index (κ3) is 3.90. The van der Waals surface area contributed by atoms with Crippen LogP contribution in [0.4, 0.5) is 0 Å². The van der Waals surface area contributed by atoms with E-state index in [1.54, 1.807) is 0 Å². The molecule has 1 saturated carbocycles. The molecule has 2 nitrogen and oxygen atoms in total. The maximum atomic E-state index is 4.88. The van der Waals surface area contributed by atoms with Crippen LogP contribution in [0.15, 0.2) is 4.99 Å². The maximum Gasteiger partial charge on any atom is 0.157 e. The van der Waals surface area contributed by atoms with Gasteiger partial charge in [-0.25, -0.2) is 0 Å². The lowest BCUT2D eigenvalue weighted by Crippen LogP contribution is -2.35. The average molecular weight is 254 g/mol. The van der Waals surface area contributed by atoms with Crippen molar-refractivity contribution in [3.8, 4) is 0 Å². The van der Waals surface area contributed by atoms with Gasteiger partial charge in [-0.2, -0.15) is 0 Å². The summed E-state index contributed by atoms with van der Waals surface area (Å²) in [5.41, 5.74) is 0. The molecule has 0 aromatic rings. The highest BCUT2D eigenvalue weighted by Crippen LogP contribution is 2.35. The molecule has 3 atom stereocenters. The van der Waals surface area contributed by atoms with E-state index < -0.39 is 0 Å². The summed E-state index contributed by atoms with van der Waals surface area (Å²) in [4.78, 5) is 4.88. The number of hydrogen-bond acceptors (Lipinski definition) is 3. The standard InChI is InChI=1S/C14H26N2S/c1-3-4-5-7-11(2)15-14-16-13-9-6-8-12(13)10-17-14/h11-13H,3-10H2,1-2H3,(H,15,16). The van der Waals surface area contributed by atoms with Crippen LogP contribution in [-0.2, 0) is 0 Å². The van der Waals surface area contributed by atoms with Crippen LogP contribution in [0.3, 0.4) is 0 Å². The van der Waals surface area contributed by atoms with Gasteiger partial charge in [0, 0.05) is 11.8 Å². The van der Waals surface area contributed by atoms with Crippen LogP contribution >= 0.6 is 11.8 Å². The first-order valence-electron chi connectivity index (χ1n) is 7.26. The summed E-state index contributed by atoms with van der Waals surface area (Å²) in [5.74, 6) is 2.17. The van der Waals surface area contributed by atoms with E-state index in [0.717, 1.165) is 5.92 Å². The van der Waals surface area contributed by atoms with Crippen molar-refractivity contribution in [1.82, 2.24) is 5.32 Å². The summed E-state index contributed by atoms with van der Waals surface area (Å²) in [6.07, 6.45) is 9.40. The van der Waals surface area contributed by atoms with E-state index in [1.165, 1.54) is 55.9 Å². The van der Waals surface area contributed by atoms with Crippen LogP contribution in [0.25, 0.3) is 0 Å². The minimum Gasteiger partial charge on any atom is -0.362 e. The lowest BCUT2D eigenvalue weighted by Gasteiger charge is -2.25. The van der Waals surface area contributed by atoms with E-state index in [0.29, 0.717) is 12.1 Å². The third-order valence-electron chi connectivity index (χ3n) is 3.95. The number of rotatable bonds is 5. The molecule has 3 heteroatoms. The first-order chi connectivity index (χ1) is 8.29. The minimum absolute atomic E-state index is 0.589. The molecule has 0 amide bonds. The second kappa shape index (κ2) is 6.67. The largest absolute Gasteiger partial charge is 0.362 e. The summed E-state index contributed by atoms with van der Waals surface area (Å²) in [5, 5.41) is 4.82. The van der Waals surface area contributed by atoms with Gasteiger partial charge in [0.05, 0.1) is 6.04 Å². The molecule has 1 fully saturated rings. The van der Waals surface area contributed by atoms with Gasteiger partial charge >= 0.3 is 0 Å². The van der Waals surface area contributed by atoms with E-state index in [4.69, 9.17) is 4.99 Å². The lowest BCUT2D eigenvalue weighted by molar-refractivity contribution is 0.522. The van der Waals surface area contributed by atoms with Gasteiger partial charge < -0.3 is 5.32 Å². The molecule has 0 saturated heterocycles. The molecule has 1 heterocycles. The zero-order valence-electron chi connectivity index (χ0n) is 11.2. The molecule has 0 aromatic heterocycles. The highest BCUT2D eigenvalue weighted by molar-refractivity contribution is 8.13. The molecule has 17 heavy (non-hydrogen) atoms. The van der Waals surface area contributed by atoms with E-state index >= 15 is 0 Å². The summed E-state index contributed by atoms with van der Waals surface area (Å²) < 4.78 is 0. The zero-order chi connectivity index (χ0) is 12.1. The maximum absolute atomic E-state index is 4.88. The van der Waals surface area contributed by atoms with Crippen LogP contribution in [0, 0.1) is 5.92 Å². The molecule has 3 unspecified atom stereocenters. The fourth-order valence-corrected chi connectivity index (χ4v) is 4.07. The number of amidine groups is 1. The Hall–Kier alpha value is -0.180. The van der Waals surface area contributed by atoms with E-state index in [9.17, 15) is 0 Å². The van der Waals surface area contributed by atoms with Crippen LogP contribution in [-0.4, -0.2) is 23.0 Å². The van der Waals surface area contributed by atoms with Gasteiger partial charge in [0.2, 0.25) is 0 Å². The SMILES string of the molecule is CCCCCC(C)NC1=NC2CCCC2CS1. The van der Waals surface area contributed by atoms with Crippen LogP contribution in [0.2, 0.25) is 0 Å². The fourth-order valence-electron chi connectivity index (χ4n) is 2.82. The van der Waals surface area contributed by atoms with Gasteiger partial charge in [0.15, 0.2) is 5.17 Å². The molecule has 0 bridgehead atoms. The smallest absolute Gasteiger partial charge is 0.157 e. The quantitative estimate of drug-likeness (QED) is 0.754. The van der Waals surface area contributed by atoms with E-state index in [1.807, 2.05) is 11.8 Å². The fraction of sp³-hybridized carbons (Fsp3) is 0.929. The van der Waals surface area contributed by atoms with Crippen molar-refractivity contribution in [2.24, 2.45) is 10.9 Å².